The molecule has 0 aromatic heterocycles. The van der Waals surface area contributed by atoms with Crippen LogP contribution in [-0.4, -0.2) is 38.5 Å². The van der Waals surface area contributed by atoms with Gasteiger partial charge in [0.2, 0.25) is 11.8 Å². The highest BCUT2D eigenvalue weighted by Gasteiger charge is 2.31. The zero-order chi connectivity index (χ0) is 13.3. The molecular weight excluding hydrogens is 230 g/mol. The monoisotopic (exact) mass is 247 g/mol. The summed E-state index contributed by atoms with van der Waals surface area (Å²) in [7, 11) is 3.91. The Morgan fingerprint density at radius 1 is 1.22 bits per heavy atom. The Kier molecular flexibility index (Phi) is 3.23. The molecule has 2 amide bonds. The minimum absolute atomic E-state index is 0.0681. The van der Waals surface area contributed by atoms with E-state index in [4.69, 9.17) is 0 Å². The Hall–Kier alpha value is -2.04. The van der Waals surface area contributed by atoms with Gasteiger partial charge in [-0.05, 0) is 31.2 Å². The summed E-state index contributed by atoms with van der Waals surface area (Å²) < 4.78 is 0. The first kappa shape index (κ1) is 12.4. The molecule has 1 aromatic carbocycles. The van der Waals surface area contributed by atoms with Gasteiger partial charge in [-0.15, -0.1) is 0 Å². The molecule has 1 unspecified atom stereocenters. The van der Waals surface area contributed by atoms with E-state index in [0.717, 1.165) is 11.4 Å². The number of piperazine rings is 1. The van der Waals surface area contributed by atoms with Crippen LogP contribution in [0, 0.1) is 0 Å². The highest BCUT2D eigenvalue weighted by molar-refractivity contribution is 6.06. The zero-order valence-corrected chi connectivity index (χ0v) is 10.8. The average molecular weight is 247 g/mol. The van der Waals surface area contributed by atoms with Crippen LogP contribution < -0.4 is 15.1 Å². The first-order valence-electron chi connectivity index (χ1n) is 5.88. The standard InChI is InChI=1S/C13H17N3O2/c1-9-13(18)14-8-12(17)16(9)11-6-4-10(5-7-11)15(2)3/h4-7,9H,8H2,1-3H3,(H,14,18). The molecule has 18 heavy (non-hydrogen) atoms. The molecule has 1 aliphatic rings. The number of nitrogens with zero attached hydrogens (tertiary/aromatic N) is 2. The fraction of sp³-hybridized carbons (Fsp3) is 0.385. The number of hydrogen-bond acceptors (Lipinski definition) is 3. The van der Waals surface area contributed by atoms with E-state index in [0.29, 0.717) is 0 Å². The summed E-state index contributed by atoms with van der Waals surface area (Å²) in [6.45, 7) is 1.80. The summed E-state index contributed by atoms with van der Waals surface area (Å²) in [5, 5.41) is 2.57. The van der Waals surface area contributed by atoms with E-state index >= 15 is 0 Å². The molecule has 96 valence electrons. The highest BCUT2D eigenvalue weighted by atomic mass is 16.2. The van der Waals surface area contributed by atoms with Gasteiger partial charge in [-0.3, -0.25) is 14.5 Å². The van der Waals surface area contributed by atoms with E-state index < -0.39 is 6.04 Å². The molecule has 5 nitrogen and oxygen atoms in total. The summed E-state index contributed by atoms with van der Waals surface area (Å²) in [6.07, 6.45) is 0. The topological polar surface area (TPSA) is 52.7 Å². The third kappa shape index (κ3) is 2.16. The van der Waals surface area contributed by atoms with Crippen LogP contribution in [0.3, 0.4) is 0 Å². The Morgan fingerprint density at radius 3 is 2.39 bits per heavy atom. The molecule has 1 saturated heterocycles. The minimum atomic E-state index is -0.462. The molecule has 1 aliphatic heterocycles. The second kappa shape index (κ2) is 4.68. The quantitative estimate of drug-likeness (QED) is 0.833. The van der Waals surface area contributed by atoms with Crippen LogP contribution in [0.5, 0.6) is 0 Å². The maximum absolute atomic E-state index is 11.9. The van der Waals surface area contributed by atoms with Gasteiger partial charge in [-0.1, -0.05) is 0 Å². The molecule has 1 aromatic rings. The van der Waals surface area contributed by atoms with Crippen molar-refractivity contribution in [2.75, 3.05) is 30.4 Å². The van der Waals surface area contributed by atoms with E-state index in [-0.39, 0.29) is 18.4 Å². The molecule has 0 aliphatic carbocycles. The molecule has 1 atom stereocenters. The van der Waals surface area contributed by atoms with Gasteiger partial charge in [-0.2, -0.15) is 0 Å². The van der Waals surface area contributed by atoms with E-state index in [1.807, 2.05) is 43.3 Å². The van der Waals surface area contributed by atoms with E-state index in [1.165, 1.54) is 4.90 Å². The molecule has 1 N–H and O–H groups in total. The van der Waals surface area contributed by atoms with Crippen LogP contribution in [0.2, 0.25) is 0 Å². The lowest BCUT2D eigenvalue weighted by molar-refractivity contribution is -0.130. The number of benzene rings is 1. The van der Waals surface area contributed by atoms with Gasteiger partial charge in [0, 0.05) is 25.5 Å². The lowest BCUT2D eigenvalue weighted by Crippen LogP contribution is -2.57. The predicted molar refractivity (Wildman–Crippen MR) is 70.7 cm³/mol. The first-order chi connectivity index (χ1) is 8.50. The molecule has 5 heteroatoms. The van der Waals surface area contributed by atoms with Gasteiger partial charge in [0.05, 0.1) is 6.54 Å². The molecule has 0 bridgehead atoms. The minimum Gasteiger partial charge on any atom is -0.378 e. The summed E-state index contributed by atoms with van der Waals surface area (Å²) in [4.78, 5) is 27.0. The molecule has 2 rings (SSSR count). The number of anilines is 2. The van der Waals surface area contributed by atoms with Gasteiger partial charge in [0.15, 0.2) is 0 Å². The number of hydrogen-bond donors (Lipinski definition) is 1. The van der Waals surface area contributed by atoms with Gasteiger partial charge in [0.1, 0.15) is 6.04 Å². The van der Waals surface area contributed by atoms with Crippen molar-refractivity contribution in [2.45, 2.75) is 13.0 Å². The average Bonchev–Trinajstić information content (AvgIpc) is 2.35. The molecular formula is C13H17N3O2. The van der Waals surface area contributed by atoms with Gasteiger partial charge < -0.3 is 10.2 Å². The van der Waals surface area contributed by atoms with Gasteiger partial charge in [-0.25, -0.2) is 0 Å². The van der Waals surface area contributed by atoms with E-state index in [9.17, 15) is 9.59 Å². The summed E-state index contributed by atoms with van der Waals surface area (Å²) in [5.74, 6) is -0.203. The predicted octanol–water partition coefficient (Wildman–Crippen LogP) is 0.604. The van der Waals surface area contributed by atoms with E-state index in [2.05, 4.69) is 5.32 Å². The maximum atomic E-state index is 11.9. The van der Waals surface area contributed by atoms with Crippen molar-refractivity contribution in [3.8, 4) is 0 Å². The Morgan fingerprint density at radius 2 is 1.83 bits per heavy atom. The molecule has 0 saturated carbocycles. The van der Waals surface area contributed by atoms with Crippen molar-refractivity contribution >= 4 is 23.2 Å². The Balaban J connectivity index is 2.29. The molecule has 1 heterocycles. The van der Waals surface area contributed by atoms with Crippen LogP contribution in [0.4, 0.5) is 11.4 Å². The molecule has 0 spiro atoms. The normalized spacial score (nSPS) is 19.7. The van der Waals surface area contributed by atoms with Crippen molar-refractivity contribution in [3.05, 3.63) is 24.3 Å². The SMILES string of the molecule is CC1C(=O)NCC(=O)N1c1ccc(N(C)C)cc1. The number of amides is 2. The molecule has 1 fully saturated rings. The number of carbonyl (C=O) groups is 2. The van der Waals surface area contributed by atoms with Crippen molar-refractivity contribution in [3.63, 3.8) is 0 Å². The van der Waals surface area contributed by atoms with Crippen molar-refractivity contribution in [1.82, 2.24) is 5.32 Å². The highest BCUT2D eigenvalue weighted by Crippen LogP contribution is 2.22. The lowest BCUT2D eigenvalue weighted by atomic mass is 10.1. The second-order valence-electron chi connectivity index (χ2n) is 4.57. The number of rotatable bonds is 2. The van der Waals surface area contributed by atoms with Crippen LogP contribution in [0.25, 0.3) is 0 Å². The first-order valence-corrected chi connectivity index (χ1v) is 5.88. The third-order valence-electron chi connectivity index (χ3n) is 3.09. The van der Waals surface area contributed by atoms with Crippen LogP contribution in [-0.2, 0) is 9.59 Å². The van der Waals surface area contributed by atoms with Crippen molar-refractivity contribution in [1.29, 1.82) is 0 Å². The lowest BCUT2D eigenvalue weighted by Gasteiger charge is -2.32. The summed E-state index contributed by atoms with van der Waals surface area (Å²) >= 11 is 0. The van der Waals surface area contributed by atoms with E-state index in [1.54, 1.807) is 6.92 Å². The van der Waals surface area contributed by atoms with Crippen LogP contribution in [0.15, 0.2) is 24.3 Å². The Bertz CT molecular complexity index is 468. The largest absolute Gasteiger partial charge is 0.378 e. The molecule has 0 radical (unpaired) electrons. The van der Waals surface area contributed by atoms with Crippen molar-refractivity contribution in [2.24, 2.45) is 0 Å². The van der Waals surface area contributed by atoms with Gasteiger partial charge in [0.25, 0.3) is 0 Å². The third-order valence-corrected chi connectivity index (χ3v) is 3.09. The zero-order valence-electron chi connectivity index (χ0n) is 10.8. The summed E-state index contributed by atoms with van der Waals surface area (Å²) in [5.41, 5.74) is 1.81. The van der Waals surface area contributed by atoms with Crippen LogP contribution in [0.1, 0.15) is 6.92 Å². The van der Waals surface area contributed by atoms with Gasteiger partial charge >= 0.3 is 0 Å². The smallest absolute Gasteiger partial charge is 0.247 e. The van der Waals surface area contributed by atoms with Crippen LogP contribution >= 0.6 is 0 Å². The fourth-order valence-corrected chi connectivity index (χ4v) is 2.01. The number of carbonyl (C=O) groups excluding carboxylic acids is 2. The Labute approximate surface area is 106 Å². The van der Waals surface area contributed by atoms with Crippen molar-refractivity contribution < 1.29 is 9.59 Å². The second-order valence-corrected chi connectivity index (χ2v) is 4.57. The maximum Gasteiger partial charge on any atom is 0.247 e. The fourth-order valence-electron chi connectivity index (χ4n) is 2.01. The summed E-state index contributed by atoms with van der Waals surface area (Å²) in [6, 6.07) is 7.13. The number of nitrogens with one attached hydrogen (secondary N) is 1.